The summed E-state index contributed by atoms with van der Waals surface area (Å²) in [5.41, 5.74) is 1.68. The standard InChI is InChI=1S/C24H27F3N2O4/c1-15(2)13-33-20-9-6-17(11-21(20)32-4)7-10-22(30)29-19-12-18(8-5-16(19)3)23(31)28-14-24(25,26)27/h5-12,15H,13-14H2,1-4H3,(H,28,31)(H,29,30)/b10-7+. The Labute approximate surface area is 190 Å². The molecule has 0 aliphatic rings. The second kappa shape index (κ2) is 11.4. The van der Waals surface area contributed by atoms with E-state index < -0.39 is 24.5 Å². The number of amides is 2. The number of methoxy groups -OCH3 is 1. The Hall–Kier alpha value is -3.49. The molecule has 2 N–H and O–H groups in total. The number of alkyl halides is 3. The third-order valence-electron chi connectivity index (χ3n) is 4.39. The van der Waals surface area contributed by atoms with Crippen molar-refractivity contribution in [3.05, 3.63) is 59.2 Å². The molecule has 0 unspecified atom stereocenters. The Morgan fingerprint density at radius 1 is 1.09 bits per heavy atom. The topological polar surface area (TPSA) is 76.7 Å². The van der Waals surface area contributed by atoms with Gasteiger partial charge in [-0.25, -0.2) is 0 Å². The number of anilines is 1. The molecular weight excluding hydrogens is 437 g/mol. The van der Waals surface area contributed by atoms with Crippen LogP contribution in [0.15, 0.2) is 42.5 Å². The summed E-state index contributed by atoms with van der Waals surface area (Å²) in [6.45, 7) is 4.89. The fraction of sp³-hybridized carbons (Fsp3) is 0.333. The molecule has 178 valence electrons. The van der Waals surface area contributed by atoms with Gasteiger partial charge in [0.15, 0.2) is 11.5 Å². The van der Waals surface area contributed by atoms with Crippen LogP contribution in [0.3, 0.4) is 0 Å². The van der Waals surface area contributed by atoms with Crippen molar-refractivity contribution in [3.8, 4) is 11.5 Å². The van der Waals surface area contributed by atoms with Crippen LogP contribution in [0.5, 0.6) is 11.5 Å². The van der Waals surface area contributed by atoms with Gasteiger partial charge in [0.1, 0.15) is 6.54 Å². The van der Waals surface area contributed by atoms with E-state index >= 15 is 0 Å². The van der Waals surface area contributed by atoms with Crippen molar-refractivity contribution >= 4 is 23.6 Å². The van der Waals surface area contributed by atoms with Crippen LogP contribution in [-0.4, -0.2) is 38.3 Å². The van der Waals surface area contributed by atoms with Crippen molar-refractivity contribution in [2.45, 2.75) is 26.9 Å². The summed E-state index contributed by atoms with van der Waals surface area (Å²) >= 11 is 0. The molecule has 0 spiro atoms. The minimum Gasteiger partial charge on any atom is -0.493 e. The molecule has 0 heterocycles. The van der Waals surface area contributed by atoms with Crippen molar-refractivity contribution in [2.75, 3.05) is 25.6 Å². The maximum Gasteiger partial charge on any atom is 0.405 e. The average molecular weight is 464 g/mol. The van der Waals surface area contributed by atoms with Gasteiger partial charge in [0, 0.05) is 17.3 Å². The van der Waals surface area contributed by atoms with Crippen molar-refractivity contribution in [1.82, 2.24) is 5.32 Å². The minimum atomic E-state index is -4.51. The van der Waals surface area contributed by atoms with E-state index in [0.29, 0.717) is 40.8 Å². The number of hydrogen-bond acceptors (Lipinski definition) is 4. The first-order chi connectivity index (χ1) is 15.5. The van der Waals surface area contributed by atoms with Gasteiger partial charge in [-0.3, -0.25) is 9.59 Å². The number of ether oxygens (including phenoxy) is 2. The second-order valence-corrected chi connectivity index (χ2v) is 7.77. The molecule has 0 saturated carbocycles. The zero-order valence-electron chi connectivity index (χ0n) is 18.9. The summed E-state index contributed by atoms with van der Waals surface area (Å²) < 4.78 is 48.0. The number of halogens is 3. The van der Waals surface area contributed by atoms with Gasteiger partial charge in [-0.15, -0.1) is 0 Å². The van der Waals surface area contributed by atoms with Crippen LogP contribution < -0.4 is 20.1 Å². The highest BCUT2D eigenvalue weighted by Crippen LogP contribution is 2.29. The number of carbonyl (C=O) groups excluding carboxylic acids is 2. The highest BCUT2D eigenvalue weighted by molar-refractivity contribution is 6.03. The molecule has 0 bridgehead atoms. The first-order valence-corrected chi connectivity index (χ1v) is 10.2. The predicted octanol–water partition coefficient (Wildman–Crippen LogP) is 4.98. The first-order valence-electron chi connectivity index (χ1n) is 10.2. The zero-order chi connectivity index (χ0) is 24.6. The van der Waals surface area contributed by atoms with Crippen LogP contribution in [0.1, 0.15) is 35.3 Å². The molecule has 0 fully saturated rings. The molecule has 0 aliphatic carbocycles. The molecule has 33 heavy (non-hydrogen) atoms. The largest absolute Gasteiger partial charge is 0.493 e. The Kier molecular flexibility index (Phi) is 8.90. The molecular formula is C24H27F3N2O4. The summed E-state index contributed by atoms with van der Waals surface area (Å²) in [4.78, 5) is 24.3. The minimum absolute atomic E-state index is 0.00542. The van der Waals surface area contributed by atoms with E-state index in [9.17, 15) is 22.8 Å². The smallest absolute Gasteiger partial charge is 0.405 e. The Bertz CT molecular complexity index is 1020. The third-order valence-corrected chi connectivity index (χ3v) is 4.39. The normalized spacial score (nSPS) is 11.5. The fourth-order valence-corrected chi connectivity index (χ4v) is 2.69. The molecule has 0 aliphatic heterocycles. The SMILES string of the molecule is COc1cc(/C=C/C(=O)Nc2cc(C(=O)NCC(F)(F)F)ccc2C)ccc1OCC(C)C. The second-order valence-electron chi connectivity index (χ2n) is 7.77. The van der Waals surface area contributed by atoms with Gasteiger partial charge < -0.3 is 20.1 Å². The number of carbonyl (C=O) groups is 2. The first kappa shape index (κ1) is 25.8. The van der Waals surface area contributed by atoms with Crippen molar-refractivity contribution in [3.63, 3.8) is 0 Å². The predicted molar refractivity (Wildman–Crippen MR) is 121 cm³/mol. The molecule has 0 radical (unpaired) electrons. The summed E-state index contributed by atoms with van der Waals surface area (Å²) in [5, 5.41) is 4.44. The summed E-state index contributed by atoms with van der Waals surface area (Å²) in [6, 6.07) is 9.53. The van der Waals surface area contributed by atoms with E-state index in [0.717, 1.165) is 0 Å². The Balaban J connectivity index is 2.07. The van der Waals surface area contributed by atoms with Crippen LogP contribution in [-0.2, 0) is 4.79 Å². The highest BCUT2D eigenvalue weighted by atomic mass is 19.4. The summed E-state index contributed by atoms with van der Waals surface area (Å²) in [7, 11) is 1.53. The fourth-order valence-electron chi connectivity index (χ4n) is 2.69. The van der Waals surface area contributed by atoms with Crippen LogP contribution in [0, 0.1) is 12.8 Å². The van der Waals surface area contributed by atoms with Crippen LogP contribution >= 0.6 is 0 Å². The number of nitrogens with one attached hydrogen (secondary N) is 2. The quantitative estimate of drug-likeness (QED) is 0.513. The lowest BCUT2D eigenvalue weighted by atomic mass is 10.1. The van der Waals surface area contributed by atoms with Gasteiger partial charge in [-0.1, -0.05) is 26.0 Å². The summed E-state index contributed by atoms with van der Waals surface area (Å²) in [6.07, 6.45) is -1.62. The monoisotopic (exact) mass is 464 g/mol. The van der Waals surface area contributed by atoms with Gasteiger partial charge in [0.25, 0.3) is 5.91 Å². The van der Waals surface area contributed by atoms with Crippen LogP contribution in [0.4, 0.5) is 18.9 Å². The molecule has 0 aromatic heterocycles. The maximum absolute atomic E-state index is 12.4. The van der Waals surface area contributed by atoms with Gasteiger partial charge in [-0.2, -0.15) is 13.2 Å². The van der Waals surface area contributed by atoms with Gasteiger partial charge in [-0.05, 0) is 54.3 Å². The molecule has 2 aromatic carbocycles. The zero-order valence-corrected chi connectivity index (χ0v) is 18.9. The van der Waals surface area contributed by atoms with Crippen LogP contribution in [0.2, 0.25) is 0 Å². The average Bonchev–Trinajstić information content (AvgIpc) is 2.75. The lowest BCUT2D eigenvalue weighted by Crippen LogP contribution is -2.33. The Morgan fingerprint density at radius 2 is 1.82 bits per heavy atom. The molecule has 0 atom stereocenters. The van der Waals surface area contributed by atoms with Crippen LogP contribution in [0.25, 0.3) is 6.08 Å². The summed E-state index contributed by atoms with van der Waals surface area (Å²) in [5.74, 6) is 0.140. The molecule has 2 rings (SSSR count). The van der Waals surface area contributed by atoms with Gasteiger partial charge in [0.2, 0.25) is 5.91 Å². The van der Waals surface area contributed by atoms with Crippen molar-refractivity contribution < 1.29 is 32.2 Å². The molecule has 6 nitrogen and oxygen atoms in total. The number of hydrogen-bond donors (Lipinski definition) is 2. The molecule has 2 amide bonds. The number of benzene rings is 2. The Morgan fingerprint density at radius 3 is 2.45 bits per heavy atom. The van der Waals surface area contributed by atoms with Gasteiger partial charge >= 0.3 is 6.18 Å². The van der Waals surface area contributed by atoms with Gasteiger partial charge in [0.05, 0.1) is 13.7 Å². The maximum atomic E-state index is 12.4. The molecule has 2 aromatic rings. The van der Waals surface area contributed by atoms with E-state index in [1.807, 2.05) is 13.8 Å². The van der Waals surface area contributed by atoms with E-state index in [2.05, 4.69) is 5.32 Å². The van der Waals surface area contributed by atoms with E-state index in [1.54, 1.807) is 42.6 Å². The molecule has 9 heteroatoms. The van der Waals surface area contributed by atoms with Crippen molar-refractivity contribution in [2.24, 2.45) is 5.92 Å². The number of aryl methyl sites for hydroxylation is 1. The lowest BCUT2D eigenvalue weighted by molar-refractivity contribution is -0.123. The van der Waals surface area contributed by atoms with E-state index in [1.165, 1.54) is 25.3 Å². The highest BCUT2D eigenvalue weighted by Gasteiger charge is 2.28. The molecule has 0 saturated heterocycles. The number of rotatable bonds is 9. The lowest BCUT2D eigenvalue weighted by Gasteiger charge is -2.13. The third kappa shape index (κ3) is 8.51. The van der Waals surface area contributed by atoms with Crippen molar-refractivity contribution in [1.29, 1.82) is 0 Å². The van der Waals surface area contributed by atoms with E-state index in [4.69, 9.17) is 9.47 Å². The van der Waals surface area contributed by atoms with E-state index in [-0.39, 0.29) is 5.56 Å².